The van der Waals surface area contributed by atoms with Crippen LogP contribution in [0.3, 0.4) is 0 Å². The zero-order chi connectivity index (χ0) is 37.6. The molecule has 1 aromatic heterocycles. The molecule has 0 radical (unpaired) electrons. The number of rotatable bonds is 15. The lowest BCUT2D eigenvalue weighted by atomic mass is 9.93. The summed E-state index contributed by atoms with van der Waals surface area (Å²) in [6, 6.07) is 13.9. The number of nitrogens with zero attached hydrogens (tertiary/aromatic N) is 4. The second kappa shape index (κ2) is 16.7. The van der Waals surface area contributed by atoms with E-state index < -0.39 is 23.7 Å². The molecule has 2 amide bonds. The number of hydrogen-bond acceptors (Lipinski definition) is 5. The van der Waals surface area contributed by atoms with E-state index in [0.29, 0.717) is 38.8 Å². The van der Waals surface area contributed by atoms with Gasteiger partial charge in [-0.05, 0) is 86.1 Å². The molecule has 0 aliphatic carbocycles. The summed E-state index contributed by atoms with van der Waals surface area (Å²) in [7, 11) is 5.44. The van der Waals surface area contributed by atoms with Gasteiger partial charge in [0.25, 0.3) is 5.91 Å². The number of aromatic nitrogens is 2. The number of likely N-dealkylation sites (N-methyl/N-ethyl adjacent to an activating group) is 1. The molecule has 10 nitrogen and oxygen atoms in total. The largest absolute Gasteiger partial charge is 0.493 e. The van der Waals surface area contributed by atoms with Gasteiger partial charge in [0.15, 0.2) is 6.04 Å². The molecule has 1 aliphatic rings. The van der Waals surface area contributed by atoms with Crippen LogP contribution in [-0.4, -0.2) is 84.0 Å². The Morgan fingerprint density at radius 2 is 1.87 bits per heavy atom. The first-order valence-electron chi connectivity index (χ1n) is 17.7. The Labute approximate surface area is 309 Å². The van der Waals surface area contributed by atoms with E-state index in [1.54, 1.807) is 10.9 Å². The van der Waals surface area contributed by atoms with Crippen LogP contribution >= 0.6 is 11.6 Å². The number of carboxylic acids is 1. The fourth-order valence-corrected chi connectivity index (χ4v) is 6.92. The number of ether oxygens (including phenoxy) is 1. The first kappa shape index (κ1) is 38.5. The maximum Gasteiger partial charge on any atom is 0.362 e. The highest BCUT2D eigenvalue weighted by Gasteiger charge is 2.30. The fraction of sp³-hybridized carbons (Fsp3) is 0.400. The molecule has 0 bridgehead atoms. The van der Waals surface area contributed by atoms with Gasteiger partial charge in [-0.1, -0.05) is 35.9 Å². The first-order valence-corrected chi connectivity index (χ1v) is 18.1. The van der Waals surface area contributed by atoms with Crippen molar-refractivity contribution in [1.29, 1.82) is 0 Å². The van der Waals surface area contributed by atoms with Crippen LogP contribution in [0.25, 0.3) is 11.1 Å². The normalized spacial score (nSPS) is 13.4. The molecule has 3 aromatic carbocycles. The maximum absolute atomic E-state index is 15.4. The number of carbonyl (C=O) groups excluding carboxylic acids is 2. The molecule has 0 unspecified atom stereocenters. The van der Waals surface area contributed by atoms with E-state index in [4.69, 9.17) is 16.3 Å². The minimum Gasteiger partial charge on any atom is -0.493 e. The van der Waals surface area contributed by atoms with E-state index >= 15 is 4.39 Å². The Kier molecular flexibility index (Phi) is 12.4. The number of fused-ring (bicyclic) bond motifs is 1. The monoisotopic (exact) mass is 732 g/mol. The Morgan fingerprint density at radius 1 is 1.10 bits per heavy atom. The maximum atomic E-state index is 15.4. The van der Waals surface area contributed by atoms with Crippen molar-refractivity contribution >= 4 is 35.1 Å². The van der Waals surface area contributed by atoms with Crippen molar-refractivity contribution in [2.75, 3.05) is 45.7 Å². The molecule has 1 atom stereocenters. The van der Waals surface area contributed by atoms with Crippen molar-refractivity contribution < 1.29 is 33.1 Å². The number of anilines is 1. The third-order valence-electron chi connectivity index (χ3n) is 9.73. The van der Waals surface area contributed by atoms with E-state index in [1.165, 1.54) is 11.6 Å². The summed E-state index contributed by atoms with van der Waals surface area (Å²) in [5.41, 5.74) is 6.35. The summed E-state index contributed by atoms with van der Waals surface area (Å²) in [6.07, 6.45) is 7.03. The molecular formula is C40H48ClFN5O5+. The van der Waals surface area contributed by atoms with Crippen molar-refractivity contribution in [2.45, 2.75) is 65.0 Å². The molecule has 12 heteroatoms. The zero-order valence-electron chi connectivity index (χ0n) is 30.5. The second-order valence-electron chi connectivity index (χ2n) is 14.3. The predicted molar refractivity (Wildman–Crippen MR) is 201 cm³/mol. The average molecular weight is 733 g/mol. The number of quaternary nitrogens is 1. The third kappa shape index (κ3) is 9.18. The van der Waals surface area contributed by atoms with Crippen molar-refractivity contribution in [1.82, 2.24) is 15.1 Å². The number of aliphatic carboxylic acids is 1. The molecule has 2 N–H and O–H groups in total. The number of carbonyl (C=O) groups is 3. The molecule has 276 valence electrons. The van der Waals surface area contributed by atoms with Crippen LogP contribution in [0.1, 0.15) is 64.7 Å². The molecule has 52 heavy (non-hydrogen) atoms. The highest BCUT2D eigenvalue weighted by atomic mass is 35.5. The Morgan fingerprint density at radius 3 is 2.60 bits per heavy atom. The Hall–Kier alpha value is -4.74. The van der Waals surface area contributed by atoms with Crippen LogP contribution < -0.4 is 15.0 Å². The summed E-state index contributed by atoms with van der Waals surface area (Å²) in [4.78, 5) is 39.6. The van der Waals surface area contributed by atoms with Crippen LogP contribution in [0.5, 0.6) is 5.75 Å². The quantitative estimate of drug-likeness (QED) is 0.103. The van der Waals surface area contributed by atoms with Gasteiger partial charge in [0, 0.05) is 59.5 Å². The first-order chi connectivity index (χ1) is 24.7. The smallest absolute Gasteiger partial charge is 0.362 e. The van der Waals surface area contributed by atoms with E-state index in [0.717, 1.165) is 52.6 Å². The van der Waals surface area contributed by atoms with Gasteiger partial charge in [-0.3, -0.25) is 14.3 Å². The van der Waals surface area contributed by atoms with Crippen LogP contribution in [0.2, 0.25) is 5.02 Å². The second-order valence-corrected chi connectivity index (χ2v) is 14.7. The Bertz CT molecular complexity index is 1910. The number of nitrogens with one attached hydrogen (secondary N) is 1. The standard InChI is InChI=1S/C40H47ClFN5O5/c1-26-11-6-16-37(27(26)2)52-20-10-17-38(48)46-19-9-13-31-30(12-7-14-35(31)46)29-23-44-45(24-29)25-32-33(41)21-28(22-34(32)42)39(49)43-18-8-15-36(40(50)51)47(3,4)5/h6-7,11-12,14,16,21-24,36H,8-10,13,15,17-20,25H2,1-5H3,(H-,43,49,50,51)/p+1/t36-/m0/s1. The molecule has 0 spiro atoms. The zero-order valence-corrected chi connectivity index (χ0v) is 31.3. The molecule has 1 aliphatic heterocycles. The summed E-state index contributed by atoms with van der Waals surface area (Å²) in [5.74, 6) is -1.10. The highest BCUT2D eigenvalue weighted by molar-refractivity contribution is 6.31. The Balaban J connectivity index is 1.20. The van der Waals surface area contributed by atoms with E-state index in [1.807, 2.05) is 69.5 Å². The summed E-state index contributed by atoms with van der Waals surface area (Å²) >= 11 is 6.50. The lowest BCUT2D eigenvalue weighted by Crippen LogP contribution is -2.50. The van der Waals surface area contributed by atoms with Gasteiger partial charge in [-0.15, -0.1) is 0 Å². The van der Waals surface area contributed by atoms with E-state index in [9.17, 15) is 19.5 Å². The number of halogens is 2. The SMILES string of the molecule is Cc1cccc(OCCCC(=O)N2CCCc3c(-c4cnn(Cc5c(F)cc(C(=O)NCCC[C@@H](C(=O)O)[N+](C)(C)C)cc5Cl)c4)cccc32)c1C. The van der Waals surface area contributed by atoms with Crippen LogP contribution in [-0.2, 0) is 22.6 Å². The predicted octanol–water partition coefficient (Wildman–Crippen LogP) is 6.82. The minimum atomic E-state index is -0.892. The lowest BCUT2D eigenvalue weighted by molar-refractivity contribution is -0.887. The average Bonchev–Trinajstić information content (AvgIpc) is 3.56. The van der Waals surface area contributed by atoms with Crippen LogP contribution in [0.15, 0.2) is 60.9 Å². The van der Waals surface area contributed by atoms with Gasteiger partial charge < -0.3 is 24.5 Å². The molecule has 0 saturated carbocycles. The fourth-order valence-electron chi connectivity index (χ4n) is 6.65. The third-order valence-corrected chi connectivity index (χ3v) is 10.1. The highest BCUT2D eigenvalue weighted by Crippen LogP contribution is 2.36. The summed E-state index contributed by atoms with van der Waals surface area (Å²) in [5, 5.41) is 16.8. The lowest BCUT2D eigenvalue weighted by Gasteiger charge is -2.31. The summed E-state index contributed by atoms with van der Waals surface area (Å²) in [6.45, 7) is 5.50. The van der Waals surface area contributed by atoms with Gasteiger partial charge in [0.05, 0.1) is 40.5 Å². The number of carboxylic acid groups (broad SMARTS) is 1. The van der Waals surface area contributed by atoms with Crippen molar-refractivity contribution in [3.05, 3.63) is 99.6 Å². The van der Waals surface area contributed by atoms with E-state index in [-0.39, 0.29) is 39.6 Å². The molecule has 4 aromatic rings. The van der Waals surface area contributed by atoms with Gasteiger partial charge >= 0.3 is 5.97 Å². The number of hydrogen-bond donors (Lipinski definition) is 2. The minimum absolute atomic E-state index is 0.0535. The van der Waals surface area contributed by atoms with Crippen molar-refractivity contribution in [3.63, 3.8) is 0 Å². The molecule has 0 fully saturated rings. The molecular weight excluding hydrogens is 685 g/mol. The number of benzene rings is 3. The summed E-state index contributed by atoms with van der Waals surface area (Å²) < 4.78 is 23.2. The molecule has 0 saturated heterocycles. The van der Waals surface area contributed by atoms with Crippen LogP contribution in [0.4, 0.5) is 10.1 Å². The van der Waals surface area contributed by atoms with Gasteiger partial charge in [0.2, 0.25) is 5.91 Å². The van der Waals surface area contributed by atoms with Crippen LogP contribution in [0, 0.1) is 19.7 Å². The molecule has 5 rings (SSSR count). The van der Waals surface area contributed by atoms with Crippen molar-refractivity contribution in [2.24, 2.45) is 0 Å². The van der Waals surface area contributed by atoms with Gasteiger partial charge in [-0.2, -0.15) is 5.10 Å². The molecule has 2 heterocycles. The topological polar surface area (TPSA) is 114 Å². The van der Waals surface area contributed by atoms with Gasteiger partial charge in [-0.25, -0.2) is 9.18 Å². The van der Waals surface area contributed by atoms with E-state index in [2.05, 4.69) is 23.4 Å². The number of amides is 2. The van der Waals surface area contributed by atoms with Crippen molar-refractivity contribution in [3.8, 4) is 16.9 Å². The number of aryl methyl sites for hydroxylation is 1. The van der Waals surface area contributed by atoms with Gasteiger partial charge in [0.1, 0.15) is 11.6 Å².